The molecule has 0 aliphatic heterocycles. The van der Waals surface area contributed by atoms with Gasteiger partial charge in [-0.25, -0.2) is 18.1 Å². The van der Waals surface area contributed by atoms with Crippen molar-refractivity contribution in [2.24, 2.45) is 7.05 Å². The lowest BCUT2D eigenvalue weighted by molar-refractivity contribution is 0.506. The molecule has 112 valence electrons. The van der Waals surface area contributed by atoms with E-state index in [1.54, 1.807) is 7.05 Å². The second-order valence-electron chi connectivity index (χ2n) is 5.22. The molecule has 5 nitrogen and oxygen atoms in total. The molecule has 1 N–H and O–H groups in total. The van der Waals surface area contributed by atoms with Gasteiger partial charge >= 0.3 is 0 Å². The number of fused-ring (bicyclic) bond motifs is 1. The molecule has 1 atom stereocenters. The molecule has 0 saturated heterocycles. The van der Waals surface area contributed by atoms with Crippen LogP contribution in [0.1, 0.15) is 30.0 Å². The van der Waals surface area contributed by atoms with Crippen LogP contribution in [-0.2, 0) is 23.5 Å². The summed E-state index contributed by atoms with van der Waals surface area (Å²) in [7, 11) is -2.07. The zero-order valence-electron chi connectivity index (χ0n) is 11.6. The zero-order chi connectivity index (χ0) is 15.0. The second kappa shape index (κ2) is 5.44. The van der Waals surface area contributed by atoms with Crippen LogP contribution in [0.5, 0.6) is 0 Å². The normalized spacial score (nSPS) is 18.5. The number of rotatable bonds is 3. The van der Waals surface area contributed by atoms with Crippen LogP contribution in [0.2, 0.25) is 5.15 Å². The number of sulfonamides is 1. The highest BCUT2D eigenvalue weighted by molar-refractivity contribution is 7.89. The van der Waals surface area contributed by atoms with Gasteiger partial charge in [0.25, 0.3) is 10.0 Å². The van der Waals surface area contributed by atoms with Crippen molar-refractivity contribution in [2.75, 3.05) is 0 Å². The Balaban J connectivity index is 1.92. The van der Waals surface area contributed by atoms with Gasteiger partial charge in [0.15, 0.2) is 0 Å². The van der Waals surface area contributed by atoms with Crippen LogP contribution in [0.3, 0.4) is 0 Å². The van der Waals surface area contributed by atoms with E-state index < -0.39 is 10.0 Å². The molecular formula is C14H16ClN3O2S. The van der Waals surface area contributed by atoms with Gasteiger partial charge in [0, 0.05) is 13.1 Å². The summed E-state index contributed by atoms with van der Waals surface area (Å²) >= 11 is 5.99. The van der Waals surface area contributed by atoms with E-state index in [-0.39, 0.29) is 16.2 Å². The van der Waals surface area contributed by atoms with Crippen LogP contribution >= 0.6 is 11.6 Å². The molecule has 2 aromatic rings. The van der Waals surface area contributed by atoms with Crippen LogP contribution in [0, 0.1) is 0 Å². The summed E-state index contributed by atoms with van der Waals surface area (Å²) in [4.78, 5) is 3.89. The van der Waals surface area contributed by atoms with Crippen molar-refractivity contribution in [3.05, 3.63) is 46.9 Å². The minimum atomic E-state index is -3.73. The minimum absolute atomic E-state index is 0.116. The van der Waals surface area contributed by atoms with Gasteiger partial charge in [-0.2, -0.15) is 0 Å². The fraction of sp³-hybridized carbons (Fsp3) is 0.357. The molecule has 0 unspecified atom stereocenters. The molecule has 1 aromatic carbocycles. The molecular weight excluding hydrogens is 310 g/mol. The van der Waals surface area contributed by atoms with Crippen LogP contribution in [-0.4, -0.2) is 18.0 Å². The highest BCUT2D eigenvalue weighted by Gasteiger charge is 2.28. The third kappa shape index (κ3) is 2.71. The molecule has 7 heteroatoms. The summed E-state index contributed by atoms with van der Waals surface area (Å²) in [5.74, 6) is 0. The summed E-state index contributed by atoms with van der Waals surface area (Å²) in [5, 5.41) is 0.00122. The lowest BCUT2D eigenvalue weighted by atomic mass is 9.88. The molecule has 21 heavy (non-hydrogen) atoms. The van der Waals surface area contributed by atoms with Gasteiger partial charge in [-0.3, -0.25) is 0 Å². The molecule has 0 fully saturated rings. The Hall–Kier alpha value is -1.37. The van der Waals surface area contributed by atoms with E-state index in [0.29, 0.717) is 0 Å². The van der Waals surface area contributed by atoms with Crippen LogP contribution in [0.25, 0.3) is 0 Å². The summed E-state index contributed by atoms with van der Waals surface area (Å²) < 4.78 is 29.2. The maximum atomic E-state index is 12.5. The Bertz CT molecular complexity index is 770. The smallest absolute Gasteiger partial charge is 0.261 e. The Labute approximate surface area is 129 Å². The lowest BCUT2D eigenvalue weighted by Crippen LogP contribution is -2.31. The molecule has 1 aromatic heterocycles. The number of nitrogens with zero attached hydrogens (tertiary/aromatic N) is 2. The molecule has 0 radical (unpaired) electrons. The summed E-state index contributed by atoms with van der Waals surface area (Å²) in [6.07, 6.45) is 4.12. The second-order valence-corrected chi connectivity index (χ2v) is 7.20. The standard InChI is InChI=1S/C14H16ClN3O2S/c1-18-9-16-14(13(18)15)21(19,20)17-12-8-4-6-10-5-2-3-7-11(10)12/h2-3,5,7,9,12,17H,4,6,8H2,1H3/t12-/m0/s1. The maximum absolute atomic E-state index is 12.5. The van der Waals surface area contributed by atoms with Crippen LogP contribution in [0.4, 0.5) is 0 Å². The predicted molar refractivity (Wildman–Crippen MR) is 80.7 cm³/mol. The van der Waals surface area contributed by atoms with Crippen molar-refractivity contribution in [3.63, 3.8) is 0 Å². The molecule has 0 spiro atoms. The summed E-state index contributed by atoms with van der Waals surface area (Å²) in [5.41, 5.74) is 2.24. The van der Waals surface area contributed by atoms with E-state index in [2.05, 4.69) is 9.71 Å². The van der Waals surface area contributed by atoms with Gasteiger partial charge < -0.3 is 4.57 Å². The largest absolute Gasteiger partial charge is 0.324 e. The molecule has 3 rings (SSSR count). The van der Waals surface area contributed by atoms with E-state index >= 15 is 0 Å². The average Bonchev–Trinajstić information content (AvgIpc) is 2.80. The highest BCUT2D eigenvalue weighted by Crippen LogP contribution is 2.31. The number of benzene rings is 1. The van der Waals surface area contributed by atoms with Gasteiger partial charge in [0.05, 0.1) is 6.33 Å². The Morgan fingerprint density at radius 2 is 2.14 bits per heavy atom. The first-order valence-corrected chi connectivity index (χ1v) is 8.62. The molecule has 1 heterocycles. The van der Waals surface area contributed by atoms with E-state index in [9.17, 15) is 8.42 Å². The van der Waals surface area contributed by atoms with Crippen molar-refractivity contribution >= 4 is 21.6 Å². The predicted octanol–water partition coefficient (Wildman–Crippen LogP) is 2.43. The highest BCUT2D eigenvalue weighted by atomic mass is 35.5. The van der Waals surface area contributed by atoms with Crippen molar-refractivity contribution in [3.8, 4) is 0 Å². The Kier molecular flexibility index (Phi) is 3.77. The van der Waals surface area contributed by atoms with Crippen LogP contribution < -0.4 is 4.72 Å². The number of hydrogen-bond donors (Lipinski definition) is 1. The lowest BCUT2D eigenvalue weighted by Gasteiger charge is -2.25. The first-order chi connectivity index (χ1) is 9.99. The third-order valence-corrected chi connectivity index (χ3v) is 5.72. The molecule has 0 amide bonds. The van der Waals surface area contributed by atoms with Gasteiger partial charge in [-0.15, -0.1) is 0 Å². The number of hydrogen-bond acceptors (Lipinski definition) is 3. The number of nitrogens with one attached hydrogen (secondary N) is 1. The Morgan fingerprint density at radius 3 is 2.86 bits per heavy atom. The average molecular weight is 326 g/mol. The van der Waals surface area contributed by atoms with Crippen LogP contribution in [0.15, 0.2) is 35.6 Å². The summed E-state index contributed by atoms with van der Waals surface area (Å²) in [6.45, 7) is 0. The van der Waals surface area contributed by atoms with Crippen molar-refractivity contribution in [1.82, 2.24) is 14.3 Å². The van der Waals surface area contributed by atoms with Crippen molar-refractivity contribution < 1.29 is 8.42 Å². The maximum Gasteiger partial charge on any atom is 0.261 e. The van der Waals surface area contributed by atoms with Crippen molar-refractivity contribution in [1.29, 1.82) is 0 Å². The molecule has 1 aliphatic rings. The molecule has 1 aliphatic carbocycles. The number of aromatic nitrogens is 2. The minimum Gasteiger partial charge on any atom is -0.324 e. The number of imidazole rings is 1. The topological polar surface area (TPSA) is 64.0 Å². The van der Waals surface area contributed by atoms with Crippen molar-refractivity contribution in [2.45, 2.75) is 30.3 Å². The summed E-state index contributed by atoms with van der Waals surface area (Å²) in [6, 6.07) is 7.70. The van der Waals surface area contributed by atoms with Gasteiger partial charge in [-0.05, 0) is 30.4 Å². The first kappa shape index (κ1) is 14.6. The van der Waals surface area contributed by atoms with E-state index in [1.165, 1.54) is 16.5 Å². The zero-order valence-corrected chi connectivity index (χ0v) is 13.2. The SMILES string of the molecule is Cn1cnc(S(=O)(=O)N[C@H]2CCCc3ccccc32)c1Cl. The first-order valence-electron chi connectivity index (χ1n) is 6.76. The fourth-order valence-electron chi connectivity index (χ4n) is 2.69. The van der Waals surface area contributed by atoms with E-state index in [0.717, 1.165) is 24.8 Å². The number of aryl methyl sites for hydroxylation is 2. The quantitative estimate of drug-likeness (QED) is 0.942. The number of halogens is 1. The molecule has 0 saturated carbocycles. The fourth-order valence-corrected chi connectivity index (χ4v) is 4.37. The monoisotopic (exact) mass is 325 g/mol. The van der Waals surface area contributed by atoms with Gasteiger partial charge in [0.1, 0.15) is 5.15 Å². The molecule has 0 bridgehead atoms. The third-order valence-electron chi connectivity index (χ3n) is 3.76. The van der Waals surface area contributed by atoms with E-state index in [4.69, 9.17) is 11.6 Å². The Morgan fingerprint density at radius 1 is 1.38 bits per heavy atom. The van der Waals surface area contributed by atoms with Gasteiger partial charge in [-0.1, -0.05) is 35.9 Å². The van der Waals surface area contributed by atoms with E-state index in [1.807, 2.05) is 24.3 Å². The van der Waals surface area contributed by atoms with Gasteiger partial charge in [0.2, 0.25) is 5.03 Å².